The van der Waals surface area contributed by atoms with Gasteiger partial charge in [0.05, 0.1) is 7.11 Å². The number of anilines is 1. The van der Waals surface area contributed by atoms with E-state index in [0.29, 0.717) is 30.0 Å². The summed E-state index contributed by atoms with van der Waals surface area (Å²) in [7, 11) is 1.58. The van der Waals surface area contributed by atoms with Crippen LogP contribution in [0.5, 0.6) is 5.75 Å². The monoisotopic (exact) mass is 587 g/mol. The van der Waals surface area contributed by atoms with Crippen LogP contribution >= 0.6 is 0 Å². The average molecular weight is 588 g/mol. The van der Waals surface area contributed by atoms with E-state index in [2.05, 4.69) is 10.6 Å². The molecule has 43 heavy (non-hydrogen) atoms. The number of unbranched alkanes of at least 4 members (excludes halogenated alkanes) is 1. The summed E-state index contributed by atoms with van der Waals surface area (Å²) in [6.45, 7) is 11.7. The van der Waals surface area contributed by atoms with Gasteiger partial charge in [0, 0.05) is 18.7 Å². The third kappa shape index (κ3) is 9.87. The van der Waals surface area contributed by atoms with E-state index in [1.807, 2.05) is 69.3 Å². The minimum atomic E-state index is -0.961. The number of nitrogens with zero attached hydrogens (tertiary/aromatic N) is 1. The van der Waals surface area contributed by atoms with Gasteiger partial charge in [-0.1, -0.05) is 61.9 Å². The van der Waals surface area contributed by atoms with Gasteiger partial charge in [-0.05, 0) is 87.6 Å². The third-order valence-electron chi connectivity index (χ3n) is 7.07. The molecule has 0 fully saturated rings. The van der Waals surface area contributed by atoms with Gasteiger partial charge in [-0.15, -0.1) is 0 Å². The smallest absolute Gasteiger partial charge is 0.408 e. The molecule has 0 bridgehead atoms. The SMILES string of the molecule is CCCCN(C(=O)C(Cc1ccccc1)NC(=O)OC(C)(C)C)C(C(=O)Nc1ccc(OC)cc1)c1ccc(C)c(C)c1. The molecule has 0 aliphatic rings. The van der Waals surface area contributed by atoms with Crippen LogP contribution in [-0.4, -0.2) is 48.1 Å². The first kappa shape index (κ1) is 33.2. The van der Waals surface area contributed by atoms with Crippen molar-refractivity contribution in [3.8, 4) is 5.75 Å². The van der Waals surface area contributed by atoms with Crippen molar-refractivity contribution < 1.29 is 23.9 Å². The summed E-state index contributed by atoms with van der Waals surface area (Å²) in [6.07, 6.45) is 1.03. The number of aryl methyl sites for hydroxylation is 2. The van der Waals surface area contributed by atoms with Crippen LogP contribution in [-0.2, 0) is 20.7 Å². The first-order valence-corrected chi connectivity index (χ1v) is 14.8. The lowest BCUT2D eigenvalue weighted by Crippen LogP contribution is -2.53. The average Bonchev–Trinajstić information content (AvgIpc) is 2.96. The van der Waals surface area contributed by atoms with Gasteiger partial charge >= 0.3 is 6.09 Å². The largest absolute Gasteiger partial charge is 0.497 e. The second-order valence-electron chi connectivity index (χ2n) is 11.7. The van der Waals surface area contributed by atoms with Crippen molar-refractivity contribution in [1.29, 1.82) is 0 Å². The summed E-state index contributed by atoms with van der Waals surface area (Å²) in [5.74, 6) is -0.0506. The Balaban J connectivity index is 2.06. The Bertz CT molecular complexity index is 1370. The summed E-state index contributed by atoms with van der Waals surface area (Å²) in [5, 5.41) is 5.81. The highest BCUT2D eigenvalue weighted by Crippen LogP contribution is 2.28. The molecule has 230 valence electrons. The predicted octanol–water partition coefficient (Wildman–Crippen LogP) is 6.76. The molecule has 2 N–H and O–H groups in total. The quantitative estimate of drug-likeness (QED) is 0.244. The van der Waals surface area contributed by atoms with Crippen molar-refractivity contribution in [2.24, 2.45) is 0 Å². The zero-order valence-corrected chi connectivity index (χ0v) is 26.4. The topological polar surface area (TPSA) is 97.0 Å². The fourth-order valence-electron chi connectivity index (χ4n) is 4.69. The minimum Gasteiger partial charge on any atom is -0.497 e. The number of benzene rings is 3. The lowest BCUT2D eigenvalue weighted by Gasteiger charge is -2.35. The van der Waals surface area contributed by atoms with Crippen LogP contribution in [0, 0.1) is 13.8 Å². The van der Waals surface area contributed by atoms with Crippen LogP contribution in [0.25, 0.3) is 0 Å². The second-order valence-corrected chi connectivity index (χ2v) is 11.7. The van der Waals surface area contributed by atoms with Gasteiger partial charge in [0.1, 0.15) is 23.4 Å². The van der Waals surface area contributed by atoms with E-state index in [1.165, 1.54) is 0 Å². The molecule has 0 saturated heterocycles. The van der Waals surface area contributed by atoms with Gasteiger partial charge in [-0.3, -0.25) is 9.59 Å². The molecule has 0 aromatic heterocycles. The van der Waals surface area contributed by atoms with Crippen LogP contribution in [0.1, 0.15) is 68.8 Å². The normalized spacial score (nSPS) is 12.5. The van der Waals surface area contributed by atoms with E-state index in [9.17, 15) is 14.4 Å². The van der Waals surface area contributed by atoms with Gasteiger partial charge < -0.3 is 25.0 Å². The van der Waals surface area contributed by atoms with E-state index in [0.717, 1.165) is 23.1 Å². The predicted molar refractivity (Wildman–Crippen MR) is 170 cm³/mol. The highest BCUT2D eigenvalue weighted by Gasteiger charge is 2.36. The number of hydrogen-bond donors (Lipinski definition) is 2. The van der Waals surface area contributed by atoms with Crippen molar-refractivity contribution in [3.05, 3.63) is 95.1 Å². The number of alkyl carbamates (subject to hydrolysis) is 1. The maximum atomic E-state index is 14.5. The number of methoxy groups -OCH3 is 1. The highest BCUT2D eigenvalue weighted by atomic mass is 16.6. The molecular weight excluding hydrogens is 542 g/mol. The molecular formula is C35H45N3O5. The Kier molecular flexibility index (Phi) is 11.8. The lowest BCUT2D eigenvalue weighted by atomic mass is 9.97. The molecule has 2 unspecified atom stereocenters. The molecule has 0 heterocycles. The van der Waals surface area contributed by atoms with E-state index in [-0.39, 0.29) is 18.2 Å². The number of carbonyl (C=O) groups excluding carboxylic acids is 3. The number of ether oxygens (including phenoxy) is 2. The molecule has 2 atom stereocenters. The Morgan fingerprint density at radius 1 is 0.907 bits per heavy atom. The van der Waals surface area contributed by atoms with Crippen molar-refractivity contribution in [2.45, 2.75) is 78.5 Å². The maximum absolute atomic E-state index is 14.5. The molecule has 3 rings (SSSR count). The first-order chi connectivity index (χ1) is 20.4. The Hall–Kier alpha value is -4.33. The molecule has 0 radical (unpaired) electrons. The van der Waals surface area contributed by atoms with E-state index in [1.54, 1.807) is 57.0 Å². The zero-order chi connectivity index (χ0) is 31.6. The molecule has 0 aliphatic heterocycles. The molecule has 3 aromatic carbocycles. The number of rotatable bonds is 12. The van der Waals surface area contributed by atoms with Crippen molar-refractivity contribution in [1.82, 2.24) is 10.2 Å². The second kappa shape index (κ2) is 15.2. The van der Waals surface area contributed by atoms with E-state index < -0.39 is 23.8 Å². The first-order valence-electron chi connectivity index (χ1n) is 14.8. The fraction of sp³-hybridized carbons (Fsp3) is 0.400. The van der Waals surface area contributed by atoms with Crippen molar-refractivity contribution in [2.75, 3.05) is 19.0 Å². The summed E-state index contributed by atoms with van der Waals surface area (Å²) in [6, 6.07) is 20.4. The summed E-state index contributed by atoms with van der Waals surface area (Å²) in [4.78, 5) is 43.2. The lowest BCUT2D eigenvalue weighted by molar-refractivity contribution is -0.140. The Morgan fingerprint density at radius 3 is 2.16 bits per heavy atom. The van der Waals surface area contributed by atoms with Gasteiger partial charge in [-0.25, -0.2) is 4.79 Å². The molecule has 0 saturated carbocycles. The number of amides is 3. The third-order valence-corrected chi connectivity index (χ3v) is 7.07. The maximum Gasteiger partial charge on any atom is 0.408 e. The summed E-state index contributed by atoms with van der Waals surface area (Å²) in [5.41, 5.74) is 3.49. The summed E-state index contributed by atoms with van der Waals surface area (Å²) < 4.78 is 10.8. The molecule has 0 spiro atoms. The van der Waals surface area contributed by atoms with Crippen molar-refractivity contribution in [3.63, 3.8) is 0 Å². The minimum absolute atomic E-state index is 0.237. The number of nitrogens with one attached hydrogen (secondary N) is 2. The molecule has 8 nitrogen and oxygen atoms in total. The van der Waals surface area contributed by atoms with Crippen LogP contribution in [0.15, 0.2) is 72.8 Å². The Morgan fingerprint density at radius 2 is 1.58 bits per heavy atom. The van der Waals surface area contributed by atoms with Crippen molar-refractivity contribution >= 4 is 23.6 Å². The molecule has 0 aliphatic carbocycles. The molecule has 8 heteroatoms. The van der Waals surface area contributed by atoms with Gasteiger partial charge in [0.15, 0.2) is 0 Å². The number of carbonyl (C=O) groups is 3. The van der Waals surface area contributed by atoms with Crippen LogP contribution in [0.2, 0.25) is 0 Å². The molecule has 3 aromatic rings. The van der Waals surface area contributed by atoms with Crippen LogP contribution in [0.4, 0.5) is 10.5 Å². The van der Waals surface area contributed by atoms with Gasteiger partial charge in [0.2, 0.25) is 5.91 Å². The number of hydrogen-bond acceptors (Lipinski definition) is 5. The molecule has 3 amide bonds. The van der Waals surface area contributed by atoms with Crippen LogP contribution in [0.3, 0.4) is 0 Å². The van der Waals surface area contributed by atoms with Crippen LogP contribution < -0.4 is 15.4 Å². The standard InChI is InChI=1S/C35H45N3O5/c1-8-9-21-38(33(40)30(23-26-13-11-10-12-14-26)37-34(41)43-35(4,5)6)31(27-16-15-24(2)25(3)22-27)32(39)36-28-17-19-29(42-7)20-18-28/h10-20,22,30-31H,8-9,21,23H2,1-7H3,(H,36,39)(H,37,41). The van der Waals surface area contributed by atoms with E-state index >= 15 is 0 Å². The fourth-order valence-corrected chi connectivity index (χ4v) is 4.69. The van der Waals surface area contributed by atoms with Gasteiger partial charge in [-0.2, -0.15) is 0 Å². The Labute approximate surface area is 255 Å². The van der Waals surface area contributed by atoms with Gasteiger partial charge in [0.25, 0.3) is 5.91 Å². The highest BCUT2D eigenvalue weighted by molar-refractivity contribution is 5.99. The van der Waals surface area contributed by atoms with E-state index in [4.69, 9.17) is 9.47 Å². The zero-order valence-electron chi connectivity index (χ0n) is 26.4. The summed E-state index contributed by atoms with van der Waals surface area (Å²) >= 11 is 0.